The molecule has 29 heteroatoms. The molecule has 5 nitrogen and oxygen atoms in total. The summed E-state index contributed by atoms with van der Waals surface area (Å²) in [5.41, 5.74) is -4.80. The van der Waals surface area contributed by atoms with Gasteiger partial charge in [-0.1, -0.05) is 3.89 Å². The summed E-state index contributed by atoms with van der Waals surface area (Å²) in [6.07, 6.45) is -8.13. The molecule has 0 aromatic carbocycles. The van der Waals surface area contributed by atoms with Crippen LogP contribution in [-0.2, 0) is 19.9 Å². The van der Waals surface area contributed by atoms with E-state index in [1.807, 2.05) is 0 Å². The van der Waals surface area contributed by atoms with E-state index in [4.69, 9.17) is 0 Å². The van der Waals surface area contributed by atoms with E-state index in [0.29, 0.717) is 0 Å². The Balaban J connectivity index is 7.78. The van der Waals surface area contributed by atoms with E-state index in [1.54, 1.807) is 0 Å². The summed E-state index contributed by atoms with van der Waals surface area (Å²) in [4.78, 5) is 11.3. The number of hydrogen-bond acceptors (Lipinski definition) is 4. The number of alkyl halides is 21. The average molecular weight is 733 g/mol. The van der Waals surface area contributed by atoms with Gasteiger partial charge in [0, 0.05) is 7.05 Å². The first kappa shape index (κ1) is 41.5. The minimum atomic E-state index is -9.36. The van der Waals surface area contributed by atoms with E-state index < -0.39 is 106 Å². The SMILES string of the molecule is COC(=O)C(=C(F)C(F)(F)C(F)(F)C(F)(F)C(F)(F)C(F)(F)C(F)(F)C(F)(F)C(F)(F)F)C(F)(F)C(F)(F)N(C)S(=O)(=O)F. The van der Waals surface area contributed by atoms with E-state index in [-0.39, 0.29) is 0 Å². The number of halogens is 23. The molecule has 0 heterocycles. The Morgan fingerprint density at radius 1 is 0.568 bits per heavy atom. The number of methoxy groups -OCH3 is 1. The lowest BCUT2D eigenvalue weighted by atomic mass is 9.87. The van der Waals surface area contributed by atoms with Gasteiger partial charge in [-0.05, 0) is 0 Å². The second-order valence-electron chi connectivity index (χ2n) is 7.72. The van der Waals surface area contributed by atoms with Crippen molar-refractivity contribution in [2.75, 3.05) is 14.2 Å². The number of nitrogens with zero attached hydrogens (tertiary/aromatic N) is 1. The molecular weight excluding hydrogens is 727 g/mol. The molecular formula is C15H6F23NO4S. The number of carbonyl (C=O) groups is 1. The first-order valence-electron chi connectivity index (χ1n) is 9.32. The Hall–Kier alpha value is -2.49. The monoisotopic (exact) mass is 733 g/mol. The van der Waals surface area contributed by atoms with Crippen LogP contribution in [0.2, 0.25) is 0 Å². The second-order valence-corrected chi connectivity index (χ2v) is 9.10. The molecule has 0 saturated carbocycles. The van der Waals surface area contributed by atoms with Crippen LogP contribution >= 0.6 is 0 Å². The van der Waals surface area contributed by atoms with Crippen LogP contribution in [0.5, 0.6) is 0 Å². The van der Waals surface area contributed by atoms with Gasteiger partial charge in [-0.25, -0.2) is 9.18 Å². The number of hydrogen-bond donors (Lipinski definition) is 0. The van der Waals surface area contributed by atoms with Crippen molar-refractivity contribution in [3.63, 3.8) is 0 Å². The molecule has 0 unspecified atom stereocenters. The van der Waals surface area contributed by atoms with Gasteiger partial charge in [0.25, 0.3) is 0 Å². The first-order chi connectivity index (χ1) is 18.7. The summed E-state index contributed by atoms with van der Waals surface area (Å²) in [7, 11) is -8.69. The smallest absolute Gasteiger partial charge is 0.460 e. The van der Waals surface area contributed by atoms with Gasteiger partial charge in [-0.2, -0.15) is 101 Å². The highest BCUT2D eigenvalue weighted by Crippen LogP contribution is 2.65. The summed E-state index contributed by atoms with van der Waals surface area (Å²) < 4.78 is 331. The van der Waals surface area contributed by atoms with Crippen molar-refractivity contribution in [2.45, 2.75) is 59.6 Å². The third-order valence-electron chi connectivity index (χ3n) is 5.02. The molecule has 0 fully saturated rings. The van der Waals surface area contributed by atoms with Crippen LogP contribution in [0.4, 0.5) is 100 Å². The molecule has 262 valence electrons. The highest BCUT2D eigenvalue weighted by Gasteiger charge is 2.95. The third-order valence-corrected chi connectivity index (χ3v) is 5.90. The predicted octanol–water partition coefficient (Wildman–Crippen LogP) is 6.77. The predicted molar refractivity (Wildman–Crippen MR) is 88.5 cm³/mol. The Bertz CT molecular complexity index is 1250. The van der Waals surface area contributed by atoms with E-state index in [2.05, 4.69) is 4.74 Å². The fourth-order valence-electron chi connectivity index (χ4n) is 2.40. The zero-order valence-corrected chi connectivity index (χ0v) is 20.5. The molecule has 0 saturated heterocycles. The number of carbonyl (C=O) groups excluding carboxylic acids is 1. The fraction of sp³-hybridized carbons (Fsp3) is 0.800. The Labute approximate surface area is 225 Å². The lowest BCUT2D eigenvalue weighted by molar-refractivity contribution is -0.460. The van der Waals surface area contributed by atoms with Gasteiger partial charge in [-0.3, -0.25) is 0 Å². The molecule has 0 N–H and O–H groups in total. The van der Waals surface area contributed by atoms with Crippen LogP contribution in [0.3, 0.4) is 0 Å². The minimum Gasteiger partial charge on any atom is -0.465 e. The average Bonchev–Trinajstić information content (AvgIpc) is 2.80. The Morgan fingerprint density at radius 2 is 0.864 bits per heavy atom. The van der Waals surface area contributed by atoms with Crippen LogP contribution < -0.4 is 0 Å². The van der Waals surface area contributed by atoms with Crippen LogP contribution in [0, 0.1) is 0 Å². The quantitative estimate of drug-likeness (QED) is 0.0732. The van der Waals surface area contributed by atoms with E-state index in [0.717, 1.165) is 0 Å². The van der Waals surface area contributed by atoms with Crippen molar-refractivity contribution in [3.8, 4) is 0 Å². The van der Waals surface area contributed by atoms with Crippen molar-refractivity contribution in [1.29, 1.82) is 0 Å². The highest BCUT2D eigenvalue weighted by atomic mass is 32.3. The molecule has 0 aliphatic rings. The summed E-state index contributed by atoms with van der Waals surface area (Å²) in [5.74, 6) is -80.3. The minimum absolute atomic E-state index is 0.456. The molecule has 0 spiro atoms. The van der Waals surface area contributed by atoms with E-state index >= 15 is 0 Å². The molecule has 0 aliphatic heterocycles. The normalized spacial score (nSPS) is 16.7. The number of allylic oxidation sites excluding steroid dienone is 1. The lowest BCUT2D eigenvalue weighted by Gasteiger charge is -2.42. The standard InChI is InChI=1S/C15H6F23NO4S/c1-39(44(38,41)42)15(36,37)6(17,18)3(5(40)43-2)4(16)7(19,20)8(21,22)9(23,24)10(25,26)11(27,28)12(29,30)13(31,32)14(33,34)35/h1-2H3. The van der Waals surface area contributed by atoms with Crippen LogP contribution in [-0.4, -0.2) is 92.5 Å². The third kappa shape index (κ3) is 5.47. The van der Waals surface area contributed by atoms with Crippen molar-refractivity contribution < 1.29 is 118 Å². The van der Waals surface area contributed by atoms with E-state index in [9.17, 15) is 114 Å². The van der Waals surface area contributed by atoms with Crippen molar-refractivity contribution in [3.05, 3.63) is 11.4 Å². The molecule has 0 rings (SSSR count). The van der Waals surface area contributed by atoms with Crippen molar-refractivity contribution in [1.82, 2.24) is 4.31 Å². The van der Waals surface area contributed by atoms with Crippen LogP contribution in [0.1, 0.15) is 0 Å². The van der Waals surface area contributed by atoms with Crippen molar-refractivity contribution >= 4 is 16.4 Å². The maximum absolute atomic E-state index is 14.2. The van der Waals surface area contributed by atoms with Gasteiger partial charge < -0.3 is 4.74 Å². The molecule has 0 aromatic rings. The number of rotatable bonds is 12. The Morgan fingerprint density at radius 3 is 1.14 bits per heavy atom. The van der Waals surface area contributed by atoms with Gasteiger partial charge >= 0.3 is 76.0 Å². The number of ether oxygens (including phenoxy) is 1. The maximum Gasteiger partial charge on any atom is 0.460 e. The lowest BCUT2D eigenvalue weighted by Crippen LogP contribution is -2.74. The molecule has 0 amide bonds. The van der Waals surface area contributed by atoms with Crippen LogP contribution in [0.15, 0.2) is 11.4 Å². The maximum atomic E-state index is 14.2. The van der Waals surface area contributed by atoms with Gasteiger partial charge in [0.05, 0.1) is 7.11 Å². The summed E-state index contributed by atoms with van der Waals surface area (Å²) in [5, 5.41) is 0. The topological polar surface area (TPSA) is 63.7 Å². The summed E-state index contributed by atoms with van der Waals surface area (Å²) >= 11 is 0. The fourth-order valence-corrected chi connectivity index (χ4v) is 2.79. The van der Waals surface area contributed by atoms with Gasteiger partial charge in [-0.15, -0.1) is 4.31 Å². The van der Waals surface area contributed by atoms with Crippen LogP contribution in [0.25, 0.3) is 0 Å². The van der Waals surface area contributed by atoms with Gasteiger partial charge in [0.2, 0.25) is 0 Å². The summed E-state index contributed by atoms with van der Waals surface area (Å²) in [6.45, 7) is 0. The molecule has 44 heavy (non-hydrogen) atoms. The zero-order valence-electron chi connectivity index (χ0n) is 19.7. The second kappa shape index (κ2) is 10.8. The van der Waals surface area contributed by atoms with Gasteiger partial charge in [0.15, 0.2) is 11.4 Å². The largest absolute Gasteiger partial charge is 0.465 e. The molecule has 0 bridgehead atoms. The van der Waals surface area contributed by atoms with Crippen molar-refractivity contribution in [2.24, 2.45) is 0 Å². The first-order valence-corrected chi connectivity index (χ1v) is 10.7. The summed E-state index contributed by atoms with van der Waals surface area (Å²) in [6, 6.07) is -7.20. The zero-order chi connectivity index (χ0) is 36.5. The number of esters is 1. The molecule has 0 atom stereocenters. The van der Waals surface area contributed by atoms with E-state index in [1.165, 1.54) is 0 Å². The molecule has 0 aliphatic carbocycles. The molecule has 0 radical (unpaired) electrons. The highest BCUT2D eigenvalue weighted by molar-refractivity contribution is 7.84. The molecule has 0 aromatic heterocycles. The Kier molecular flexibility index (Phi) is 10.2. The van der Waals surface area contributed by atoms with Gasteiger partial charge in [0.1, 0.15) is 0 Å².